The zero-order valence-corrected chi connectivity index (χ0v) is 19.1. The van der Waals surface area contributed by atoms with Crippen molar-refractivity contribution in [2.45, 2.75) is 71.1 Å². The van der Waals surface area contributed by atoms with Gasteiger partial charge in [0.25, 0.3) is 0 Å². The second-order valence-corrected chi connectivity index (χ2v) is 7.98. The average Bonchev–Trinajstić information content (AvgIpc) is 2.43. The van der Waals surface area contributed by atoms with E-state index in [4.69, 9.17) is 4.55 Å². The van der Waals surface area contributed by atoms with Crippen molar-refractivity contribution in [1.29, 1.82) is 0 Å². The Hall–Kier alpha value is 0.520. The van der Waals surface area contributed by atoms with Gasteiger partial charge in [-0.1, -0.05) is 70.8 Å². The van der Waals surface area contributed by atoms with Crippen molar-refractivity contribution in [3.8, 4) is 0 Å². The van der Waals surface area contributed by atoms with Crippen molar-refractivity contribution in [3.63, 3.8) is 0 Å². The van der Waals surface area contributed by atoms with E-state index in [-0.39, 0.29) is 36.2 Å². The topological polar surface area (TPSA) is 121 Å². The van der Waals surface area contributed by atoms with Gasteiger partial charge in [0.15, 0.2) is 0 Å². The van der Waals surface area contributed by atoms with Gasteiger partial charge in [-0.2, -0.15) is 8.42 Å². The van der Waals surface area contributed by atoms with Gasteiger partial charge in [0.05, 0.1) is 22.5 Å². The molecule has 0 unspecified atom stereocenters. The Morgan fingerprint density at radius 2 is 1.32 bits per heavy atom. The molecule has 0 rings (SSSR count). The van der Waals surface area contributed by atoms with Crippen LogP contribution in [0.5, 0.6) is 0 Å². The van der Waals surface area contributed by atoms with Crippen LogP contribution in [0.25, 0.3) is 0 Å². The maximum atomic E-state index is 10.2. The van der Waals surface area contributed by atoms with Crippen molar-refractivity contribution in [2.24, 2.45) is 0 Å². The molecule has 0 amide bonds. The second-order valence-electron chi connectivity index (χ2n) is 5.44. The second kappa shape index (κ2) is 19.3. The predicted molar refractivity (Wildman–Crippen MR) is 94.1 cm³/mol. The summed E-state index contributed by atoms with van der Waals surface area (Å²) in [5.74, 6) is -0.479. The number of rotatable bonds is 14. The first-order valence-corrected chi connectivity index (χ1v) is 11.2. The van der Waals surface area contributed by atoms with E-state index in [0.29, 0.717) is 6.42 Å². The van der Waals surface area contributed by atoms with Gasteiger partial charge in [0, 0.05) is 0 Å². The Labute approximate surface area is 175 Å². The Kier molecular flexibility index (Phi) is 23.3. The van der Waals surface area contributed by atoms with Crippen LogP contribution in [0.3, 0.4) is 0 Å². The fourth-order valence-corrected chi connectivity index (χ4v) is 2.52. The van der Waals surface area contributed by atoms with E-state index < -0.39 is 26.3 Å². The normalized spacial score (nSPS) is 11.2. The summed E-state index contributed by atoms with van der Waals surface area (Å²) >= 11 is 0. The van der Waals surface area contributed by atoms with Crippen LogP contribution in [0.1, 0.15) is 71.1 Å². The van der Waals surface area contributed by atoms with Gasteiger partial charge in [-0.25, -0.2) is 12.6 Å². The summed E-state index contributed by atoms with van der Waals surface area (Å²) in [6, 6.07) is 0. The van der Waals surface area contributed by atoms with Crippen molar-refractivity contribution in [3.05, 3.63) is 12.7 Å². The molecule has 0 atom stereocenters. The first kappa shape index (κ1) is 30.3. The molecule has 0 aliphatic heterocycles. The first-order chi connectivity index (χ1) is 11.1. The van der Waals surface area contributed by atoms with Crippen molar-refractivity contribution < 1.29 is 59.7 Å². The summed E-state index contributed by atoms with van der Waals surface area (Å²) in [5.41, 5.74) is 0. The SMILES string of the molecule is C=CCS(=O)(=O)[O-].CCCCCCCCCCCCOS(=O)(=O)O.[Na+]. The number of unbranched alkanes of at least 4 members (excludes halogenated alkanes) is 9. The smallest absolute Gasteiger partial charge is 0.748 e. The van der Waals surface area contributed by atoms with E-state index in [1.54, 1.807) is 0 Å². The zero-order chi connectivity index (χ0) is 18.9. The predicted octanol–water partition coefficient (Wildman–Crippen LogP) is 0.448. The standard InChI is InChI=1S/C12H26O4S.C3H6O3S.Na/c1-2-3-4-5-6-7-8-9-10-11-12-16-17(13,14)15;1-2-3-7(4,5)6;/h2-12H2,1H3,(H,13,14,15);2H,1,3H2,(H,4,5,6);/q;;+1/p-1. The quantitative estimate of drug-likeness (QED) is 0.191. The van der Waals surface area contributed by atoms with Gasteiger partial charge >= 0.3 is 40.0 Å². The number of hydrogen-bond acceptors (Lipinski definition) is 6. The van der Waals surface area contributed by atoms with E-state index in [2.05, 4.69) is 17.7 Å². The van der Waals surface area contributed by atoms with Gasteiger partial charge in [-0.15, -0.1) is 6.58 Å². The minimum Gasteiger partial charge on any atom is -0.748 e. The Balaban J connectivity index is -0.000000513. The van der Waals surface area contributed by atoms with Gasteiger partial charge in [0.1, 0.15) is 0 Å². The average molecular weight is 411 g/mol. The molecule has 7 nitrogen and oxygen atoms in total. The van der Waals surface area contributed by atoms with Gasteiger partial charge < -0.3 is 4.55 Å². The van der Waals surface area contributed by atoms with Gasteiger partial charge in [0.2, 0.25) is 0 Å². The largest absolute Gasteiger partial charge is 1.00 e. The molecule has 0 aliphatic rings. The monoisotopic (exact) mass is 410 g/mol. The molecule has 10 heteroatoms. The molecule has 0 heterocycles. The third kappa shape index (κ3) is 36.3. The zero-order valence-electron chi connectivity index (χ0n) is 15.5. The molecule has 0 fully saturated rings. The fraction of sp³-hybridized carbons (Fsp3) is 0.867. The molecule has 0 saturated carbocycles. The van der Waals surface area contributed by atoms with E-state index in [1.807, 2.05) is 0 Å². The molecular formula is C15H31NaO7S2. The van der Waals surface area contributed by atoms with Gasteiger partial charge in [-0.05, 0) is 6.42 Å². The van der Waals surface area contributed by atoms with E-state index in [9.17, 15) is 21.4 Å². The molecule has 1 N–H and O–H groups in total. The summed E-state index contributed by atoms with van der Waals surface area (Å²) in [7, 11) is -8.28. The molecule has 0 aliphatic carbocycles. The summed E-state index contributed by atoms with van der Waals surface area (Å²) in [4.78, 5) is 0. The maximum Gasteiger partial charge on any atom is 1.00 e. The summed E-state index contributed by atoms with van der Waals surface area (Å²) in [5, 5.41) is 0. The van der Waals surface area contributed by atoms with Crippen LogP contribution in [-0.4, -0.2) is 38.3 Å². The van der Waals surface area contributed by atoms with Crippen LogP contribution >= 0.6 is 0 Å². The Bertz CT molecular complexity index is 490. The van der Waals surface area contributed by atoms with Crippen molar-refractivity contribution in [1.82, 2.24) is 0 Å². The van der Waals surface area contributed by atoms with Crippen LogP contribution < -0.4 is 29.6 Å². The molecule has 0 radical (unpaired) electrons. The fourth-order valence-electron chi connectivity index (χ4n) is 1.90. The third-order valence-electron chi connectivity index (χ3n) is 3.05. The molecule has 25 heavy (non-hydrogen) atoms. The van der Waals surface area contributed by atoms with E-state index >= 15 is 0 Å². The molecule has 0 aromatic carbocycles. The molecule has 0 saturated heterocycles. The van der Waals surface area contributed by atoms with Gasteiger partial charge in [-0.3, -0.25) is 4.55 Å². The summed E-state index contributed by atoms with van der Waals surface area (Å²) < 4.78 is 61.8. The van der Waals surface area contributed by atoms with E-state index in [0.717, 1.165) is 18.9 Å². The van der Waals surface area contributed by atoms with Crippen LogP contribution in [0.2, 0.25) is 0 Å². The minimum absolute atomic E-state index is 0. The molecule has 146 valence electrons. The maximum absolute atomic E-state index is 10.2. The molecule has 0 aromatic heterocycles. The molecule has 0 bridgehead atoms. The van der Waals surface area contributed by atoms with Crippen LogP contribution in [0.15, 0.2) is 12.7 Å². The molecule has 0 spiro atoms. The van der Waals surface area contributed by atoms with Crippen molar-refractivity contribution >= 4 is 20.5 Å². The Morgan fingerprint density at radius 3 is 1.60 bits per heavy atom. The summed E-state index contributed by atoms with van der Waals surface area (Å²) in [6.07, 6.45) is 12.9. The minimum atomic E-state index is -4.23. The van der Waals surface area contributed by atoms with Crippen LogP contribution in [-0.2, 0) is 24.7 Å². The Morgan fingerprint density at radius 1 is 0.920 bits per heavy atom. The van der Waals surface area contributed by atoms with Crippen LogP contribution in [0.4, 0.5) is 0 Å². The number of hydrogen-bond donors (Lipinski definition) is 1. The molecular weight excluding hydrogens is 379 g/mol. The summed E-state index contributed by atoms with van der Waals surface area (Å²) in [6.45, 7) is 5.38. The van der Waals surface area contributed by atoms with E-state index in [1.165, 1.54) is 44.9 Å². The van der Waals surface area contributed by atoms with Crippen molar-refractivity contribution in [2.75, 3.05) is 12.4 Å². The first-order valence-electron chi connectivity index (χ1n) is 8.28. The third-order valence-corrected chi connectivity index (χ3v) is 4.16. The van der Waals surface area contributed by atoms with Crippen LogP contribution in [0, 0.1) is 0 Å². The molecule has 0 aromatic rings.